The van der Waals surface area contributed by atoms with Crippen LogP contribution in [0.3, 0.4) is 0 Å². The second-order valence-electron chi connectivity index (χ2n) is 7.57. The van der Waals surface area contributed by atoms with Gasteiger partial charge in [0.05, 0.1) is 16.6 Å². The molecule has 31 heavy (non-hydrogen) atoms. The number of nitrogens with one attached hydrogen (secondary N) is 2. The first kappa shape index (κ1) is 21.2. The van der Waals surface area contributed by atoms with Crippen molar-refractivity contribution < 1.29 is 8.42 Å². The molecule has 1 heterocycles. The van der Waals surface area contributed by atoms with E-state index in [1.807, 2.05) is 26.2 Å². The molecule has 1 aliphatic heterocycles. The van der Waals surface area contributed by atoms with Crippen molar-refractivity contribution in [2.45, 2.75) is 17.4 Å². The molecule has 1 unspecified atom stereocenters. The number of hydrazone groups is 1. The van der Waals surface area contributed by atoms with Crippen molar-refractivity contribution in [2.24, 2.45) is 5.10 Å². The van der Waals surface area contributed by atoms with E-state index in [1.54, 1.807) is 24.3 Å². The molecule has 0 saturated carbocycles. The molecule has 0 aliphatic carbocycles. The normalized spacial score (nSPS) is 15.8. The minimum Gasteiger partial charge on any atom is -0.378 e. The molecule has 0 fully saturated rings. The zero-order chi connectivity index (χ0) is 22.0. The van der Waals surface area contributed by atoms with Crippen LogP contribution < -0.4 is 15.0 Å². The van der Waals surface area contributed by atoms with E-state index < -0.39 is 10.0 Å². The van der Waals surface area contributed by atoms with Crippen LogP contribution in [0.15, 0.2) is 82.8 Å². The molecular weight excluding hydrogens is 432 g/mol. The van der Waals surface area contributed by atoms with Gasteiger partial charge in [-0.15, -0.1) is 0 Å². The van der Waals surface area contributed by atoms with Crippen LogP contribution >= 0.6 is 11.6 Å². The number of hydrogen-bond donors (Lipinski definition) is 2. The number of sulfonamides is 1. The van der Waals surface area contributed by atoms with Gasteiger partial charge >= 0.3 is 0 Å². The van der Waals surface area contributed by atoms with Crippen LogP contribution in [0.25, 0.3) is 0 Å². The smallest absolute Gasteiger partial charge is 0.261 e. The van der Waals surface area contributed by atoms with Crippen molar-refractivity contribution in [1.29, 1.82) is 0 Å². The van der Waals surface area contributed by atoms with Crippen LogP contribution in [-0.4, -0.2) is 28.2 Å². The molecule has 160 valence electrons. The molecule has 0 aromatic heterocycles. The fourth-order valence-corrected chi connectivity index (χ4v) is 4.56. The highest BCUT2D eigenvalue weighted by molar-refractivity contribution is 7.92. The van der Waals surface area contributed by atoms with E-state index in [-0.39, 0.29) is 10.9 Å². The second-order valence-corrected chi connectivity index (χ2v) is 9.69. The molecule has 0 amide bonds. The Kier molecular flexibility index (Phi) is 5.89. The fourth-order valence-electron chi connectivity index (χ4n) is 3.38. The van der Waals surface area contributed by atoms with Gasteiger partial charge in [0.1, 0.15) is 0 Å². The number of benzene rings is 3. The molecule has 0 spiro atoms. The first-order valence-corrected chi connectivity index (χ1v) is 11.7. The first-order valence-electron chi connectivity index (χ1n) is 9.80. The predicted molar refractivity (Wildman–Crippen MR) is 127 cm³/mol. The van der Waals surface area contributed by atoms with Crippen molar-refractivity contribution in [3.05, 3.63) is 88.9 Å². The van der Waals surface area contributed by atoms with Gasteiger partial charge in [0.15, 0.2) is 0 Å². The summed E-state index contributed by atoms with van der Waals surface area (Å²) in [6, 6.07) is 21.8. The Morgan fingerprint density at radius 3 is 2.23 bits per heavy atom. The quantitative estimate of drug-likeness (QED) is 0.568. The fraction of sp³-hybridized carbons (Fsp3) is 0.174. The van der Waals surface area contributed by atoms with E-state index in [1.165, 1.54) is 17.7 Å². The summed E-state index contributed by atoms with van der Waals surface area (Å²) in [7, 11) is 0.363. The molecule has 8 heteroatoms. The van der Waals surface area contributed by atoms with Crippen LogP contribution in [0, 0.1) is 0 Å². The van der Waals surface area contributed by atoms with Crippen LogP contribution in [-0.2, 0) is 10.0 Å². The number of anilines is 2. The highest BCUT2D eigenvalue weighted by atomic mass is 35.5. The van der Waals surface area contributed by atoms with E-state index >= 15 is 0 Å². The van der Waals surface area contributed by atoms with Gasteiger partial charge in [-0.2, -0.15) is 5.10 Å². The molecule has 1 atom stereocenters. The Labute approximate surface area is 187 Å². The molecule has 6 nitrogen and oxygen atoms in total. The molecular formula is C23H23ClN4O2S. The maximum atomic E-state index is 12.5. The third-order valence-electron chi connectivity index (χ3n) is 5.16. The van der Waals surface area contributed by atoms with E-state index in [9.17, 15) is 8.42 Å². The first-order chi connectivity index (χ1) is 14.8. The molecule has 3 aromatic carbocycles. The zero-order valence-electron chi connectivity index (χ0n) is 17.2. The van der Waals surface area contributed by atoms with Crippen LogP contribution in [0.2, 0.25) is 5.02 Å². The van der Waals surface area contributed by atoms with Crippen molar-refractivity contribution in [1.82, 2.24) is 5.43 Å². The average Bonchev–Trinajstić information content (AvgIpc) is 3.25. The zero-order valence-corrected chi connectivity index (χ0v) is 18.8. The maximum Gasteiger partial charge on any atom is 0.261 e. The van der Waals surface area contributed by atoms with Crippen LogP contribution in [0.4, 0.5) is 11.4 Å². The third-order valence-corrected chi connectivity index (χ3v) is 6.81. The van der Waals surface area contributed by atoms with Crippen molar-refractivity contribution in [3.8, 4) is 0 Å². The number of rotatable bonds is 6. The second kappa shape index (κ2) is 8.61. The molecule has 3 aromatic rings. The average molecular weight is 455 g/mol. The molecule has 0 bridgehead atoms. The Morgan fingerprint density at radius 2 is 1.61 bits per heavy atom. The Hall–Kier alpha value is -3.03. The van der Waals surface area contributed by atoms with Gasteiger partial charge in [0.25, 0.3) is 10.0 Å². The lowest BCUT2D eigenvalue weighted by molar-refractivity contribution is 0.601. The third kappa shape index (κ3) is 4.84. The van der Waals surface area contributed by atoms with Crippen molar-refractivity contribution in [2.75, 3.05) is 23.7 Å². The van der Waals surface area contributed by atoms with E-state index in [0.717, 1.165) is 23.4 Å². The highest BCUT2D eigenvalue weighted by Gasteiger charge is 2.21. The summed E-state index contributed by atoms with van der Waals surface area (Å²) in [6.07, 6.45) is 0.761. The van der Waals surface area contributed by atoms with Gasteiger partial charge in [-0.05, 0) is 59.7 Å². The van der Waals surface area contributed by atoms with Gasteiger partial charge in [0.2, 0.25) is 0 Å². The summed E-state index contributed by atoms with van der Waals surface area (Å²) in [5, 5.41) is 4.97. The Balaban J connectivity index is 1.42. The standard InChI is InChI=1S/C23H23ClN4O2S/c1-28(2)20-11-5-17(6-12-20)23-15-22(25-26-23)16-3-9-19(10-4-16)27-31(29,30)21-13-7-18(24)8-14-21/h3-14,23,26-27H,15H2,1-2H3. The maximum absolute atomic E-state index is 12.5. The van der Waals surface area contributed by atoms with Gasteiger partial charge in [-0.3, -0.25) is 4.72 Å². The Morgan fingerprint density at radius 1 is 0.968 bits per heavy atom. The van der Waals surface area contributed by atoms with Crippen LogP contribution in [0.5, 0.6) is 0 Å². The lowest BCUT2D eigenvalue weighted by Crippen LogP contribution is -2.13. The lowest BCUT2D eigenvalue weighted by atomic mass is 9.99. The van der Waals surface area contributed by atoms with Gasteiger partial charge in [-0.1, -0.05) is 35.9 Å². The van der Waals surface area contributed by atoms with Gasteiger partial charge in [0, 0.05) is 36.9 Å². The number of nitrogens with zero attached hydrogens (tertiary/aromatic N) is 2. The Bertz CT molecular complexity index is 1190. The number of hydrogen-bond acceptors (Lipinski definition) is 5. The minimum absolute atomic E-state index is 0.120. The molecule has 2 N–H and O–H groups in total. The molecule has 0 saturated heterocycles. The SMILES string of the molecule is CN(C)c1ccc(C2CC(c3ccc(NS(=O)(=O)c4ccc(Cl)cc4)cc3)=NN2)cc1. The highest BCUT2D eigenvalue weighted by Crippen LogP contribution is 2.27. The summed E-state index contributed by atoms with van der Waals surface area (Å²) in [6.45, 7) is 0. The minimum atomic E-state index is -3.67. The summed E-state index contributed by atoms with van der Waals surface area (Å²) in [5.41, 5.74) is 7.91. The summed E-state index contributed by atoms with van der Waals surface area (Å²) >= 11 is 5.84. The predicted octanol–water partition coefficient (Wildman–Crippen LogP) is 4.65. The monoisotopic (exact) mass is 454 g/mol. The molecule has 0 radical (unpaired) electrons. The molecule has 4 rings (SSSR count). The van der Waals surface area contributed by atoms with Crippen LogP contribution in [0.1, 0.15) is 23.6 Å². The van der Waals surface area contributed by atoms with Gasteiger partial charge in [-0.25, -0.2) is 8.42 Å². The largest absolute Gasteiger partial charge is 0.378 e. The van der Waals surface area contributed by atoms with Crippen molar-refractivity contribution >= 4 is 38.7 Å². The van der Waals surface area contributed by atoms with E-state index in [0.29, 0.717) is 10.7 Å². The summed E-state index contributed by atoms with van der Waals surface area (Å²) < 4.78 is 27.6. The topological polar surface area (TPSA) is 73.8 Å². The number of halogens is 1. The summed E-state index contributed by atoms with van der Waals surface area (Å²) in [5.74, 6) is 0. The summed E-state index contributed by atoms with van der Waals surface area (Å²) in [4.78, 5) is 2.23. The lowest BCUT2D eigenvalue weighted by Gasteiger charge is -2.15. The van der Waals surface area contributed by atoms with Crippen molar-refractivity contribution in [3.63, 3.8) is 0 Å². The van der Waals surface area contributed by atoms with E-state index in [4.69, 9.17) is 11.6 Å². The van der Waals surface area contributed by atoms with Gasteiger partial charge < -0.3 is 10.3 Å². The molecule has 1 aliphatic rings. The van der Waals surface area contributed by atoms with E-state index in [2.05, 4.69) is 44.4 Å².